The van der Waals surface area contributed by atoms with Crippen LogP contribution in [-0.2, 0) is 19.1 Å². The third-order valence-corrected chi connectivity index (χ3v) is 2.45. The van der Waals surface area contributed by atoms with Crippen LogP contribution < -0.4 is 10.6 Å². The van der Waals surface area contributed by atoms with Crippen LogP contribution in [0.1, 0.15) is 27.2 Å². The number of esters is 2. The van der Waals surface area contributed by atoms with Gasteiger partial charge in [0.15, 0.2) is 5.57 Å². The summed E-state index contributed by atoms with van der Waals surface area (Å²) in [6.45, 7) is 6.23. The van der Waals surface area contributed by atoms with Gasteiger partial charge in [0.25, 0.3) is 5.79 Å². The van der Waals surface area contributed by atoms with E-state index in [-0.39, 0.29) is 5.57 Å². The summed E-state index contributed by atoms with van der Waals surface area (Å²) in [5.41, 5.74) is 0.426. The summed E-state index contributed by atoms with van der Waals surface area (Å²) < 4.78 is 10.0. The first kappa shape index (κ1) is 14.5. The summed E-state index contributed by atoms with van der Waals surface area (Å²) in [5.74, 6) is -2.48. The highest BCUT2D eigenvalue weighted by Crippen LogP contribution is 2.23. The van der Waals surface area contributed by atoms with Gasteiger partial charge in [0.2, 0.25) is 0 Å². The van der Waals surface area contributed by atoms with Crippen molar-refractivity contribution in [1.82, 2.24) is 10.6 Å². The van der Waals surface area contributed by atoms with E-state index in [1.165, 1.54) is 13.8 Å². The molecule has 0 unspecified atom stereocenters. The molecule has 0 saturated carbocycles. The van der Waals surface area contributed by atoms with Crippen LogP contribution in [0, 0.1) is 0 Å². The Morgan fingerprint density at radius 3 is 2.22 bits per heavy atom. The lowest BCUT2D eigenvalue weighted by Gasteiger charge is -2.30. The van der Waals surface area contributed by atoms with E-state index in [9.17, 15) is 9.59 Å². The average Bonchev–Trinajstić information content (AvgIpc) is 2.21. The number of nitrogens with one attached hydrogen (secondary N) is 2. The van der Waals surface area contributed by atoms with Crippen molar-refractivity contribution in [3.63, 3.8) is 0 Å². The molecule has 2 N–H and O–H groups in total. The lowest BCUT2D eigenvalue weighted by atomic mass is 10.1. The molecular formula is C12H20N2O4. The molecule has 1 heterocycles. The van der Waals surface area contributed by atoms with Crippen LogP contribution in [0.4, 0.5) is 0 Å². The monoisotopic (exact) mass is 256 g/mol. The van der Waals surface area contributed by atoms with Crippen molar-refractivity contribution < 1.29 is 19.1 Å². The second-order valence-electron chi connectivity index (χ2n) is 4.56. The predicted octanol–water partition coefficient (Wildman–Crippen LogP) is 0.296. The molecule has 102 valence electrons. The molecule has 6 nitrogen and oxygen atoms in total. The van der Waals surface area contributed by atoms with Crippen molar-refractivity contribution in [2.45, 2.75) is 33.0 Å². The SMILES string of the molecule is CNCCCNC(C)=C1C(=O)OC(C)(C)OC1=O. The number of hydrogen-bond donors (Lipinski definition) is 2. The van der Waals surface area contributed by atoms with E-state index in [1.807, 2.05) is 7.05 Å². The van der Waals surface area contributed by atoms with Crippen molar-refractivity contribution in [2.75, 3.05) is 20.1 Å². The first-order valence-electron chi connectivity index (χ1n) is 5.93. The van der Waals surface area contributed by atoms with E-state index >= 15 is 0 Å². The first-order valence-corrected chi connectivity index (χ1v) is 5.93. The van der Waals surface area contributed by atoms with Gasteiger partial charge in [-0.3, -0.25) is 0 Å². The Kier molecular flexibility index (Phi) is 4.72. The van der Waals surface area contributed by atoms with Crippen molar-refractivity contribution >= 4 is 11.9 Å². The number of ether oxygens (including phenoxy) is 2. The zero-order chi connectivity index (χ0) is 13.8. The molecule has 1 rings (SSSR count). The number of allylic oxidation sites excluding steroid dienone is 1. The minimum Gasteiger partial charge on any atom is -0.419 e. The van der Waals surface area contributed by atoms with E-state index < -0.39 is 17.7 Å². The second kappa shape index (κ2) is 5.86. The van der Waals surface area contributed by atoms with Crippen molar-refractivity contribution in [2.24, 2.45) is 0 Å². The highest BCUT2D eigenvalue weighted by atomic mass is 16.7. The Bertz CT molecular complexity index is 352. The smallest absolute Gasteiger partial charge is 0.350 e. The van der Waals surface area contributed by atoms with Crippen LogP contribution >= 0.6 is 0 Å². The molecule has 0 spiro atoms. The van der Waals surface area contributed by atoms with Gasteiger partial charge < -0.3 is 20.1 Å². The third-order valence-electron chi connectivity index (χ3n) is 2.45. The minimum absolute atomic E-state index is 0.0567. The quantitative estimate of drug-likeness (QED) is 0.319. The summed E-state index contributed by atoms with van der Waals surface area (Å²) in [5, 5.41) is 6.02. The molecule has 18 heavy (non-hydrogen) atoms. The van der Waals surface area contributed by atoms with Gasteiger partial charge >= 0.3 is 11.9 Å². The van der Waals surface area contributed by atoms with Gasteiger partial charge in [0, 0.05) is 26.1 Å². The Morgan fingerprint density at radius 2 is 1.72 bits per heavy atom. The highest BCUT2D eigenvalue weighted by Gasteiger charge is 2.40. The van der Waals surface area contributed by atoms with Gasteiger partial charge in [-0.25, -0.2) is 9.59 Å². The zero-order valence-electron chi connectivity index (χ0n) is 11.3. The van der Waals surface area contributed by atoms with Gasteiger partial charge in [-0.2, -0.15) is 0 Å². The number of rotatable bonds is 5. The molecule has 0 bridgehead atoms. The summed E-state index contributed by atoms with van der Waals surface area (Å²) in [4.78, 5) is 23.4. The Morgan fingerprint density at radius 1 is 1.17 bits per heavy atom. The number of carbonyl (C=O) groups excluding carboxylic acids is 2. The zero-order valence-corrected chi connectivity index (χ0v) is 11.3. The molecule has 1 aliphatic heterocycles. The molecule has 1 fully saturated rings. The van der Waals surface area contributed by atoms with Crippen LogP contribution in [0.5, 0.6) is 0 Å². The molecule has 0 aliphatic carbocycles. The molecule has 0 aromatic carbocycles. The maximum absolute atomic E-state index is 11.7. The normalized spacial score (nSPS) is 18.1. The van der Waals surface area contributed by atoms with Gasteiger partial charge in [0.1, 0.15) is 0 Å². The summed E-state index contributed by atoms with van der Waals surface area (Å²) in [6, 6.07) is 0. The van der Waals surface area contributed by atoms with Crippen molar-refractivity contribution in [3.05, 3.63) is 11.3 Å². The summed E-state index contributed by atoms with van der Waals surface area (Å²) in [6.07, 6.45) is 0.886. The molecule has 0 radical (unpaired) electrons. The Balaban J connectivity index is 2.68. The van der Waals surface area contributed by atoms with Crippen LogP contribution in [0.3, 0.4) is 0 Å². The number of carbonyl (C=O) groups is 2. The van der Waals surface area contributed by atoms with E-state index in [4.69, 9.17) is 9.47 Å². The molecule has 0 atom stereocenters. The van der Waals surface area contributed by atoms with E-state index in [1.54, 1.807) is 6.92 Å². The summed E-state index contributed by atoms with van der Waals surface area (Å²) >= 11 is 0. The largest absolute Gasteiger partial charge is 0.419 e. The summed E-state index contributed by atoms with van der Waals surface area (Å²) in [7, 11) is 1.86. The fourth-order valence-electron chi connectivity index (χ4n) is 1.59. The average molecular weight is 256 g/mol. The van der Waals surface area contributed by atoms with E-state index in [0.29, 0.717) is 12.2 Å². The van der Waals surface area contributed by atoms with Crippen LogP contribution in [-0.4, -0.2) is 37.9 Å². The predicted molar refractivity (Wildman–Crippen MR) is 65.5 cm³/mol. The molecular weight excluding hydrogens is 236 g/mol. The highest BCUT2D eigenvalue weighted by molar-refractivity contribution is 6.15. The second-order valence-corrected chi connectivity index (χ2v) is 4.56. The standard InChI is InChI=1S/C12H20N2O4/c1-8(14-7-5-6-13-4)9-10(15)17-12(2,3)18-11(9)16/h13-14H,5-7H2,1-4H3. The molecule has 6 heteroatoms. The van der Waals surface area contributed by atoms with Crippen molar-refractivity contribution in [1.29, 1.82) is 0 Å². The molecule has 1 aliphatic rings. The fraction of sp³-hybridized carbons (Fsp3) is 0.667. The van der Waals surface area contributed by atoms with Gasteiger partial charge in [-0.15, -0.1) is 0 Å². The maximum atomic E-state index is 11.7. The first-order chi connectivity index (χ1) is 8.37. The molecule has 1 saturated heterocycles. The number of cyclic esters (lactones) is 2. The lowest BCUT2D eigenvalue weighted by Crippen LogP contribution is -2.43. The van der Waals surface area contributed by atoms with Crippen LogP contribution in [0.15, 0.2) is 11.3 Å². The Labute approximate surface area is 107 Å². The molecule has 0 aromatic heterocycles. The number of hydrogen-bond acceptors (Lipinski definition) is 6. The van der Waals surface area contributed by atoms with Crippen LogP contribution in [0.25, 0.3) is 0 Å². The van der Waals surface area contributed by atoms with Gasteiger partial charge in [-0.05, 0) is 26.9 Å². The maximum Gasteiger partial charge on any atom is 0.350 e. The third kappa shape index (κ3) is 3.73. The minimum atomic E-state index is -1.19. The van der Waals surface area contributed by atoms with Gasteiger partial charge in [-0.1, -0.05) is 0 Å². The fourth-order valence-corrected chi connectivity index (χ4v) is 1.59. The van der Waals surface area contributed by atoms with E-state index in [2.05, 4.69) is 10.6 Å². The Hall–Kier alpha value is -1.56. The lowest BCUT2D eigenvalue weighted by molar-refractivity contribution is -0.222. The molecule has 0 aromatic rings. The van der Waals surface area contributed by atoms with Crippen LogP contribution in [0.2, 0.25) is 0 Å². The topological polar surface area (TPSA) is 76.7 Å². The van der Waals surface area contributed by atoms with E-state index in [0.717, 1.165) is 13.0 Å². The van der Waals surface area contributed by atoms with Gasteiger partial charge in [0.05, 0.1) is 0 Å². The molecule has 0 amide bonds. The van der Waals surface area contributed by atoms with Crippen molar-refractivity contribution in [3.8, 4) is 0 Å².